The van der Waals surface area contributed by atoms with E-state index in [0.717, 1.165) is 5.69 Å². The normalized spacial score (nSPS) is 10.0. The van der Waals surface area contributed by atoms with Crippen LogP contribution in [0.15, 0.2) is 18.3 Å². The van der Waals surface area contributed by atoms with Crippen LogP contribution in [0.5, 0.6) is 0 Å². The lowest BCUT2D eigenvalue weighted by Crippen LogP contribution is -1.94. The summed E-state index contributed by atoms with van der Waals surface area (Å²) in [7, 11) is 1.48. The van der Waals surface area contributed by atoms with Crippen molar-refractivity contribution in [2.24, 2.45) is 0 Å². The maximum absolute atomic E-state index is 4.71. The van der Waals surface area contributed by atoms with Crippen molar-refractivity contribution in [1.29, 1.82) is 0 Å². The summed E-state index contributed by atoms with van der Waals surface area (Å²) in [5.41, 5.74) is 2.06. The number of aryl methyl sites for hydroxylation is 1. The molecule has 3 nitrogen and oxygen atoms in total. The lowest BCUT2D eigenvalue weighted by molar-refractivity contribution is -0.282. The van der Waals surface area contributed by atoms with Crippen LogP contribution in [0, 0.1) is 6.92 Å². The molecule has 0 aromatic carbocycles. The van der Waals surface area contributed by atoms with Crippen LogP contribution in [0.1, 0.15) is 11.3 Å². The van der Waals surface area contributed by atoms with E-state index in [1.54, 1.807) is 6.20 Å². The quantitative estimate of drug-likeness (QED) is 0.486. The standard InChI is InChI=1S/C8H11NO2/c1-7-3-4-9-8(5-7)6-11-10-2/h3-5H,6H2,1-2H3. The van der Waals surface area contributed by atoms with Crippen LogP contribution < -0.4 is 0 Å². The number of hydrogen-bond acceptors (Lipinski definition) is 3. The van der Waals surface area contributed by atoms with Crippen LogP contribution in [-0.2, 0) is 16.4 Å². The summed E-state index contributed by atoms with van der Waals surface area (Å²) in [4.78, 5) is 13.2. The second-order valence-corrected chi connectivity index (χ2v) is 2.25. The van der Waals surface area contributed by atoms with Crippen LogP contribution in [0.25, 0.3) is 0 Å². The first kappa shape index (κ1) is 8.17. The first-order valence-electron chi connectivity index (χ1n) is 3.40. The first-order chi connectivity index (χ1) is 5.33. The molecule has 0 spiro atoms. The highest BCUT2D eigenvalue weighted by Gasteiger charge is 1.93. The monoisotopic (exact) mass is 153 g/mol. The van der Waals surface area contributed by atoms with E-state index >= 15 is 0 Å². The van der Waals surface area contributed by atoms with Crippen molar-refractivity contribution in [3.05, 3.63) is 29.6 Å². The largest absolute Gasteiger partial charge is 0.259 e. The number of hydrogen-bond donors (Lipinski definition) is 0. The predicted molar refractivity (Wildman–Crippen MR) is 40.8 cm³/mol. The Kier molecular flexibility index (Phi) is 3.01. The molecule has 0 unspecified atom stereocenters. The van der Waals surface area contributed by atoms with E-state index in [0.29, 0.717) is 6.61 Å². The summed E-state index contributed by atoms with van der Waals surface area (Å²) in [6, 6.07) is 3.90. The van der Waals surface area contributed by atoms with Gasteiger partial charge >= 0.3 is 0 Å². The number of rotatable bonds is 3. The zero-order chi connectivity index (χ0) is 8.10. The molecule has 0 aliphatic rings. The van der Waals surface area contributed by atoms with Crippen molar-refractivity contribution in [2.75, 3.05) is 7.11 Å². The van der Waals surface area contributed by atoms with Crippen molar-refractivity contribution in [2.45, 2.75) is 13.5 Å². The fraction of sp³-hybridized carbons (Fsp3) is 0.375. The molecule has 0 aliphatic carbocycles. The summed E-state index contributed by atoms with van der Waals surface area (Å²) in [6.45, 7) is 2.41. The van der Waals surface area contributed by atoms with Crippen molar-refractivity contribution < 1.29 is 9.78 Å². The minimum absolute atomic E-state index is 0.401. The molecule has 0 saturated heterocycles. The maximum Gasteiger partial charge on any atom is 0.124 e. The van der Waals surface area contributed by atoms with Gasteiger partial charge in [0.25, 0.3) is 0 Å². The van der Waals surface area contributed by atoms with Gasteiger partial charge in [-0.2, -0.15) is 0 Å². The number of nitrogens with zero attached hydrogens (tertiary/aromatic N) is 1. The molecule has 0 atom stereocenters. The van der Waals surface area contributed by atoms with E-state index in [9.17, 15) is 0 Å². The second kappa shape index (κ2) is 4.05. The topological polar surface area (TPSA) is 31.4 Å². The van der Waals surface area contributed by atoms with Crippen molar-refractivity contribution in [3.63, 3.8) is 0 Å². The molecule has 0 fully saturated rings. The summed E-state index contributed by atoms with van der Waals surface area (Å²) >= 11 is 0. The highest BCUT2D eigenvalue weighted by molar-refractivity contribution is 5.13. The van der Waals surface area contributed by atoms with Gasteiger partial charge in [-0.25, -0.2) is 9.78 Å². The lowest BCUT2D eigenvalue weighted by Gasteiger charge is -1.99. The molecule has 11 heavy (non-hydrogen) atoms. The van der Waals surface area contributed by atoms with Gasteiger partial charge in [0.15, 0.2) is 0 Å². The molecule has 0 radical (unpaired) electrons. The minimum atomic E-state index is 0.401. The molecular weight excluding hydrogens is 142 g/mol. The van der Waals surface area contributed by atoms with Gasteiger partial charge in [-0.1, -0.05) is 0 Å². The lowest BCUT2D eigenvalue weighted by atomic mass is 10.2. The Morgan fingerprint density at radius 1 is 1.55 bits per heavy atom. The van der Waals surface area contributed by atoms with Gasteiger partial charge in [0, 0.05) is 6.20 Å². The Labute approximate surface area is 65.9 Å². The van der Waals surface area contributed by atoms with Gasteiger partial charge in [-0.05, 0) is 24.6 Å². The fourth-order valence-electron chi connectivity index (χ4n) is 0.797. The first-order valence-corrected chi connectivity index (χ1v) is 3.40. The van der Waals surface area contributed by atoms with Crippen molar-refractivity contribution >= 4 is 0 Å². The molecule has 3 heteroatoms. The average Bonchev–Trinajstić information content (AvgIpc) is 2.01. The van der Waals surface area contributed by atoms with E-state index in [4.69, 9.17) is 4.89 Å². The Balaban J connectivity index is 2.56. The predicted octanol–water partition coefficient (Wildman–Crippen LogP) is 1.47. The van der Waals surface area contributed by atoms with Gasteiger partial charge in [0.2, 0.25) is 0 Å². The molecular formula is C8H11NO2. The van der Waals surface area contributed by atoms with E-state index < -0.39 is 0 Å². The molecule has 60 valence electrons. The van der Waals surface area contributed by atoms with E-state index in [2.05, 4.69) is 9.87 Å². The SMILES string of the molecule is COOCc1cc(C)ccn1. The molecule has 1 aromatic heterocycles. The van der Waals surface area contributed by atoms with Gasteiger partial charge in [0.1, 0.15) is 6.61 Å². The average molecular weight is 153 g/mol. The number of pyridine rings is 1. The van der Waals surface area contributed by atoms with E-state index in [1.807, 2.05) is 19.1 Å². The third-order valence-corrected chi connectivity index (χ3v) is 1.30. The summed E-state index contributed by atoms with van der Waals surface area (Å²) in [5.74, 6) is 0. The third kappa shape index (κ3) is 2.65. The maximum atomic E-state index is 4.71. The van der Waals surface area contributed by atoms with Crippen LogP contribution in [0.4, 0.5) is 0 Å². The smallest absolute Gasteiger partial charge is 0.124 e. The molecule has 0 bridgehead atoms. The molecule has 0 N–H and O–H groups in total. The van der Waals surface area contributed by atoms with Crippen LogP contribution in [0.2, 0.25) is 0 Å². The summed E-state index contributed by atoms with van der Waals surface area (Å²) in [5, 5.41) is 0. The van der Waals surface area contributed by atoms with E-state index in [1.165, 1.54) is 12.7 Å². The summed E-state index contributed by atoms with van der Waals surface area (Å²) in [6.07, 6.45) is 1.75. The highest BCUT2D eigenvalue weighted by atomic mass is 17.2. The van der Waals surface area contributed by atoms with Gasteiger partial charge in [-0.3, -0.25) is 4.98 Å². The molecule has 1 rings (SSSR count). The Hall–Kier alpha value is -0.930. The molecule has 0 saturated carbocycles. The van der Waals surface area contributed by atoms with Crippen molar-refractivity contribution in [3.8, 4) is 0 Å². The molecule has 0 aliphatic heterocycles. The molecule has 1 heterocycles. The Morgan fingerprint density at radius 3 is 3.00 bits per heavy atom. The zero-order valence-electron chi connectivity index (χ0n) is 6.70. The number of aromatic nitrogens is 1. The minimum Gasteiger partial charge on any atom is -0.259 e. The van der Waals surface area contributed by atoms with Crippen molar-refractivity contribution in [1.82, 2.24) is 4.98 Å². The second-order valence-electron chi connectivity index (χ2n) is 2.25. The van der Waals surface area contributed by atoms with Crippen LogP contribution >= 0.6 is 0 Å². The van der Waals surface area contributed by atoms with Gasteiger partial charge in [0.05, 0.1) is 12.8 Å². The zero-order valence-corrected chi connectivity index (χ0v) is 6.70. The Morgan fingerprint density at radius 2 is 2.36 bits per heavy atom. The van der Waals surface area contributed by atoms with E-state index in [-0.39, 0.29) is 0 Å². The molecule has 0 amide bonds. The third-order valence-electron chi connectivity index (χ3n) is 1.30. The molecule has 1 aromatic rings. The fourth-order valence-corrected chi connectivity index (χ4v) is 0.797. The summed E-state index contributed by atoms with van der Waals surface area (Å²) < 4.78 is 0. The van der Waals surface area contributed by atoms with Gasteiger partial charge in [-0.15, -0.1) is 0 Å². The highest BCUT2D eigenvalue weighted by Crippen LogP contribution is 2.00. The van der Waals surface area contributed by atoms with Crippen LogP contribution in [0.3, 0.4) is 0 Å². The van der Waals surface area contributed by atoms with Crippen LogP contribution in [-0.4, -0.2) is 12.1 Å². The Bertz CT molecular complexity index is 225. The van der Waals surface area contributed by atoms with Gasteiger partial charge < -0.3 is 0 Å².